The van der Waals surface area contributed by atoms with Crippen LogP contribution in [0.4, 0.5) is 5.95 Å². The Bertz CT molecular complexity index is 580. The van der Waals surface area contributed by atoms with Crippen molar-refractivity contribution in [2.75, 3.05) is 24.5 Å². The van der Waals surface area contributed by atoms with Crippen molar-refractivity contribution < 1.29 is 0 Å². The van der Waals surface area contributed by atoms with Gasteiger partial charge in [-0.2, -0.15) is 5.26 Å². The first-order valence-corrected chi connectivity index (χ1v) is 7.00. The van der Waals surface area contributed by atoms with Crippen LogP contribution in [0.5, 0.6) is 0 Å². The lowest BCUT2D eigenvalue weighted by Crippen LogP contribution is -2.35. The van der Waals surface area contributed by atoms with Crippen molar-refractivity contribution >= 4 is 12.0 Å². The maximum absolute atomic E-state index is 9.04. The molecule has 1 aromatic rings. The van der Waals surface area contributed by atoms with Gasteiger partial charge in [0.2, 0.25) is 5.95 Å². The van der Waals surface area contributed by atoms with Gasteiger partial charge in [0, 0.05) is 31.2 Å². The van der Waals surface area contributed by atoms with Crippen LogP contribution in [0.1, 0.15) is 17.8 Å². The predicted octanol–water partition coefficient (Wildman–Crippen LogP) is 1.91. The molecule has 20 heavy (non-hydrogen) atoms. The van der Waals surface area contributed by atoms with Crippen molar-refractivity contribution in [2.24, 2.45) is 5.92 Å². The van der Waals surface area contributed by atoms with E-state index in [0.29, 0.717) is 12.0 Å². The quantitative estimate of drug-likeness (QED) is 0.672. The average molecular weight is 269 g/mol. The highest BCUT2D eigenvalue weighted by atomic mass is 15.3. The van der Waals surface area contributed by atoms with Gasteiger partial charge in [-0.25, -0.2) is 4.98 Å². The van der Waals surface area contributed by atoms with Crippen molar-refractivity contribution in [1.29, 1.82) is 5.26 Å². The Morgan fingerprint density at radius 2 is 2.35 bits per heavy atom. The smallest absolute Gasteiger partial charge is 0.203 e. The molecule has 0 aromatic carbocycles. The molecule has 0 radical (unpaired) electrons. The van der Waals surface area contributed by atoms with Crippen molar-refractivity contribution in [3.05, 3.63) is 30.1 Å². The number of hydrogen-bond acceptors (Lipinski definition) is 4. The van der Waals surface area contributed by atoms with E-state index in [4.69, 9.17) is 5.26 Å². The number of fused-ring (bicyclic) bond motifs is 1. The zero-order valence-corrected chi connectivity index (χ0v) is 11.7. The van der Waals surface area contributed by atoms with Gasteiger partial charge in [-0.05, 0) is 19.4 Å². The van der Waals surface area contributed by atoms with Gasteiger partial charge >= 0.3 is 0 Å². The molecule has 3 heterocycles. The highest BCUT2D eigenvalue weighted by Crippen LogP contribution is 2.33. The summed E-state index contributed by atoms with van der Waals surface area (Å²) >= 11 is 0. The summed E-state index contributed by atoms with van der Waals surface area (Å²) in [5, 5.41) is 9.04. The normalized spacial score (nSPS) is 25.2. The van der Waals surface area contributed by atoms with Crippen LogP contribution in [-0.4, -0.2) is 40.5 Å². The summed E-state index contributed by atoms with van der Waals surface area (Å²) in [7, 11) is 0. The van der Waals surface area contributed by atoms with Crippen LogP contribution in [-0.2, 0) is 0 Å². The summed E-state index contributed by atoms with van der Waals surface area (Å²) in [4.78, 5) is 12.2. The summed E-state index contributed by atoms with van der Waals surface area (Å²) in [6, 6.07) is 0.413. The molecule has 0 spiro atoms. The maximum atomic E-state index is 9.04. The van der Waals surface area contributed by atoms with Gasteiger partial charge < -0.3 is 14.8 Å². The van der Waals surface area contributed by atoms with E-state index in [1.807, 2.05) is 24.0 Å². The third-order valence-corrected chi connectivity index (χ3v) is 4.26. The van der Waals surface area contributed by atoms with Crippen molar-refractivity contribution in [3.8, 4) is 6.19 Å². The number of rotatable bonds is 3. The molecule has 5 heteroatoms. The Morgan fingerprint density at radius 1 is 1.50 bits per heavy atom. The van der Waals surface area contributed by atoms with Crippen LogP contribution in [0.15, 0.2) is 18.7 Å². The second-order valence-corrected chi connectivity index (χ2v) is 5.48. The van der Waals surface area contributed by atoms with E-state index in [9.17, 15) is 0 Å². The van der Waals surface area contributed by atoms with Crippen LogP contribution in [0.3, 0.4) is 0 Å². The summed E-state index contributed by atoms with van der Waals surface area (Å²) in [6.45, 7) is 8.44. The fourth-order valence-corrected chi connectivity index (χ4v) is 3.22. The molecule has 2 saturated heterocycles. The van der Waals surface area contributed by atoms with Gasteiger partial charge in [-0.3, -0.25) is 0 Å². The van der Waals surface area contributed by atoms with Gasteiger partial charge in [0.1, 0.15) is 0 Å². The molecule has 0 bridgehead atoms. The summed E-state index contributed by atoms with van der Waals surface area (Å²) in [5.74, 6) is 1.52. The Hall–Kier alpha value is -2.22. The van der Waals surface area contributed by atoms with Crippen molar-refractivity contribution in [2.45, 2.75) is 19.4 Å². The number of imidazole rings is 1. The standard InChI is InChI=1S/C15H19N5/c1-3-4-5-13-11(2)17-15(18-13)20-7-6-12-8-19(10-16)9-14(12)20/h3-5,12,14H,1,6-9H2,2H3,(H,17,18)/b5-4-. The molecule has 1 N–H and O–H groups in total. The van der Waals surface area contributed by atoms with E-state index >= 15 is 0 Å². The van der Waals surface area contributed by atoms with Gasteiger partial charge in [-0.1, -0.05) is 18.7 Å². The monoisotopic (exact) mass is 269 g/mol. The number of hydrogen-bond donors (Lipinski definition) is 1. The molecule has 2 aliphatic rings. The van der Waals surface area contributed by atoms with E-state index < -0.39 is 0 Å². The number of likely N-dealkylation sites (tertiary alicyclic amines) is 1. The van der Waals surface area contributed by atoms with Gasteiger partial charge in [0.05, 0.1) is 11.7 Å². The van der Waals surface area contributed by atoms with Crippen LogP contribution in [0.25, 0.3) is 6.08 Å². The van der Waals surface area contributed by atoms with E-state index in [1.54, 1.807) is 6.08 Å². The van der Waals surface area contributed by atoms with Gasteiger partial charge in [0.25, 0.3) is 0 Å². The lowest BCUT2D eigenvalue weighted by molar-refractivity contribution is 0.446. The highest BCUT2D eigenvalue weighted by molar-refractivity contribution is 5.53. The molecule has 2 unspecified atom stereocenters. The zero-order chi connectivity index (χ0) is 14.1. The molecule has 1 aromatic heterocycles. The molecule has 0 aliphatic carbocycles. The third-order valence-electron chi connectivity index (χ3n) is 4.26. The van der Waals surface area contributed by atoms with E-state index in [-0.39, 0.29) is 0 Å². The number of allylic oxidation sites excluding steroid dienone is 2. The summed E-state index contributed by atoms with van der Waals surface area (Å²) in [5.41, 5.74) is 2.02. The molecular formula is C15H19N5. The Balaban J connectivity index is 1.82. The topological polar surface area (TPSA) is 59.0 Å². The number of aromatic amines is 1. The SMILES string of the molecule is C=C/C=C\c1nc(N2CCC3CN(C#N)CC32)[nH]c1C. The van der Waals surface area contributed by atoms with E-state index in [2.05, 4.69) is 27.6 Å². The zero-order valence-electron chi connectivity index (χ0n) is 11.7. The lowest BCUT2D eigenvalue weighted by atomic mass is 10.1. The average Bonchev–Trinajstić information content (AvgIpc) is 3.09. The highest BCUT2D eigenvalue weighted by Gasteiger charge is 2.42. The molecule has 2 aliphatic heterocycles. The van der Waals surface area contributed by atoms with E-state index in [0.717, 1.165) is 43.4 Å². The van der Waals surface area contributed by atoms with Crippen molar-refractivity contribution in [3.63, 3.8) is 0 Å². The molecule has 3 rings (SSSR count). The fraction of sp³-hybridized carbons (Fsp3) is 0.467. The number of nitriles is 1. The second kappa shape index (κ2) is 5.04. The first-order valence-electron chi connectivity index (χ1n) is 7.00. The number of H-pyrrole nitrogens is 1. The minimum Gasteiger partial charge on any atom is -0.337 e. The molecule has 0 amide bonds. The number of aromatic nitrogens is 2. The van der Waals surface area contributed by atoms with Crippen LogP contribution >= 0.6 is 0 Å². The maximum Gasteiger partial charge on any atom is 0.203 e. The van der Waals surface area contributed by atoms with Gasteiger partial charge in [-0.15, -0.1) is 0 Å². The van der Waals surface area contributed by atoms with Crippen molar-refractivity contribution in [1.82, 2.24) is 14.9 Å². The lowest BCUT2D eigenvalue weighted by Gasteiger charge is -2.22. The van der Waals surface area contributed by atoms with Crippen LogP contribution in [0.2, 0.25) is 0 Å². The van der Waals surface area contributed by atoms with Crippen LogP contribution < -0.4 is 4.90 Å². The Labute approximate surface area is 119 Å². The summed E-state index contributed by atoms with van der Waals surface area (Å²) in [6.07, 6.45) is 9.01. The number of nitrogens with one attached hydrogen (secondary N) is 1. The Morgan fingerprint density at radius 3 is 3.10 bits per heavy atom. The fourth-order valence-electron chi connectivity index (χ4n) is 3.22. The first-order chi connectivity index (χ1) is 9.72. The third kappa shape index (κ3) is 2.07. The molecule has 5 nitrogen and oxygen atoms in total. The molecule has 2 atom stereocenters. The summed E-state index contributed by atoms with van der Waals surface area (Å²) < 4.78 is 0. The first kappa shape index (κ1) is 12.8. The van der Waals surface area contributed by atoms with Crippen LogP contribution in [0, 0.1) is 24.3 Å². The van der Waals surface area contributed by atoms with E-state index in [1.165, 1.54) is 0 Å². The van der Waals surface area contributed by atoms with Gasteiger partial charge in [0.15, 0.2) is 6.19 Å². The molecule has 104 valence electrons. The Kier molecular flexibility index (Phi) is 3.23. The molecule has 2 fully saturated rings. The number of nitrogens with zero attached hydrogens (tertiary/aromatic N) is 4. The predicted molar refractivity (Wildman–Crippen MR) is 79.0 cm³/mol. The minimum atomic E-state index is 0.413. The molecule has 0 saturated carbocycles. The minimum absolute atomic E-state index is 0.413. The second-order valence-electron chi connectivity index (χ2n) is 5.48. The molecular weight excluding hydrogens is 250 g/mol. The number of aryl methyl sites for hydroxylation is 1. The largest absolute Gasteiger partial charge is 0.337 e. The number of anilines is 1.